The first-order valence-corrected chi connectivity index (χ1v) is 9.56. The first-order valence-electron chi connectivity index (χ1n) is 7.60. The van der Waals surface area contributed by atoms with Crippen molar-refractivity contribution >= 4 is 40.1 Å². The molecule has 3 nitrogen and oxygen atoms in total. The van der Waals surface area contributed by atoms with E-state index in [1.165, 1.54) is 14.7 Å². The molecule has 0 N–H and O–H groups in total. The summed E-state index contributed by atoms with van der Waals surface area (Å²) in [6, 6.07) is 14.7. The van der Waals surface area contributed by atoms with Crippen molar-refractivity contribution in [2.75, 3.05) is 7.05 Å². The molecule has 2 aromatic carbocycles. The van der Waals surface area contributed by atoms with Crippen LogP contribution in [-0.2, 0) is 0 Å². The molecular formula is C19H18IN3S. The highest BCUT2D eigenvalue weighted by atomic mass is 127. The Morgan fingerprint density at radius 2 is 1.88 bits per heavy atom. The van der Waals surface area contributed by atoms with Crippen LogP contribution in [0, 0.1) is 17.4 Å². The van der Waals surface area contributed by atoms with Crippen LogP contribution in [0.1, 0.15) is 16.7 Å². The minimum atomic E-state index is 0.880. The van der Waals surface area contributed by atoms with Crippen molar-refractivity contribution in [3.8, 4) is 11.3 Å². The Kier molecular flexibility index (Phi) is 5.30. The van der Waals surface area contributed by atoms with Crippen LogP contribution >= 0.6 is 33.9 Å². The molecular weight excluding hydrogens is 429 g/mol. The van der Waals surface area contributed by atoms with Gasteiger partial charge in [0.05, 0.1) is 11.9 Å². The number of aryl methyl sites for hydroxylation is 2. The Bertz CT molecular complexity index is 967. The lowest BCUT2D eigenvalue weighted by Gasteiger charge is -2.06. The molecule has 0 unspecified atom stereocenters. The van der Waals surface area contributed by atoms with E-state index in [0.717, 1.165) is 21.6 Å². The van der Waals surface area contributed by atoms with Gasteiger partial charge >= 0.3 is 0 Å². The number of rotatable bonds is 3. The van der Waals surface area contributed by atoms with Gasteiger partial charge in [-0.15, -0.1) is 11.3 Å². The standard InChI is InChI=1S/C19H18IN3S/c1-13-8-9-15(10-14(13)2)18-12-24-19(21-3)23(18)22-11-16-6-4-5-7-17(16)20/h4-12H,1-3H3. The van der Waals surface area contributed by atoms with Gasteiger partial charge in [-0.1, -0.05) is 30.3 Å². The molecule has 3 aromatic rings. The lowest BCUT2D eigenvalue weighted by atomic mass is 10.1. The van der Waals surface area contributed by atoms with E-state index in [1.807, 2.05) is 23.0 Å². The summed E-state index contributed by atoms with van der Waals surface area (Å²) in [7, 11) is 1.80. The monoisotopic (exact) mass is 447 g/mol. The Morgan fingerprint density at radius 1 is 1.08 bits per heavy atom. The van der Waals surface area contributed by atoms with Gasteiger partial charge in [-0.3, -0.25) is 4.99 Å². The summed E-state index contributed by atoms with van der Waals surface area (Å²) in [5, 5.41) is 6.81. The summed E-state index contributed by atoms with van der Waals surface area (Å²) < 4.78 is 3.09. The van der Waals surface area contributed by atoms with E-state index in [1.54, 1.807) is 18.4 Å². The molecule has 122 valence electrons. The number of hydrogen-bond donors (Lipinski definition) is 0. The minimum absolute atomic E-state index is 0.880. The molecule has 0 spiro atoms. The van der Waals surface area contributed by atoms with Crippen LogP contribution in [0.25, 0.3) is 11.3 Å². The molecule has 0 saturated carbocycles. The second-order valence-electron chi connectivity index (χ2n) is 5.50. The van der Waals surface area contributed by atoms with E-state index in [4.69, 9.17) is 5.10 Å². The molecule has 1 aromatic heterocycles. The topological polar surface area (TPSA) is 29.6 Å². The minimum Gasteiger partial charge on any atom is -0.261 e. The van der Waals surface area contributed by atoms with Gasteiger partial charge in [-0.2, -0.15) is 5.10 Å². The third kappa shape index (κ3) is 3.52. The average Bonchev–Trinajstić information content (AvgIpc) is 2.99. The molecule has 0 aliphatic rings. The molecule has 0 radical (unpaired) electrons. The van der Waals surface area contributed by atoms with Crippen LogP contribution in [0.5, 0.6) is 0 Å². The van der Waals surface area contributed by atoms with Gasteiger partial charge < -0.3 is 0 Å². The predicted octanol–water partition coefficient (Wildman–Crippen LogP) is 4.85. The van der Waals surface area contributed by atoms with Crippen LogP contribution in [0.4, 0.5) is 0 Å². The summed E-state index contributed by atoms with van der Waals surface area (Å²) in [6.45, 7) is 4.26. The molecule has 0 aliphatic heterocycles. The second-order valence-corrected chi connectivity index (χ2v) is 7.50. The molecule has 0 amide bonds. The van der Waals surface area contributed by atoms with Crippen LogP contribution in [0.3, 0.4) is 0 Å². The van der Waals surface area contributed by atoms with Crippen molar-refractivity contribution in [3.63, 3.8) is 0 Å². The molecule has 0 fully saturated rings. The number of benzene rings is 2. The molecule has 3 rings (SSSR count). The van der Waals surface area contributed by atoms with Crippen molar-refractivity contribution in [3.05, 3.63) is 72.9 Å². The highest BCUT2D eigenvalue weighted by Gasteiger charge is 2.08. The largest absolute Gasteiger partial charge is 0.261 e. The Labute approximate surface area is 159 Å². The SMILES string of the molecule is CN=c1scc(-c2ccc(C)c(C)c2)n1N=Cc1ccccc1I. The lowest BCUT2D eigenvalue weighted by molar-refractivity contribution is 0.848. The Morgan fingerprint density at radius 3 is 2.58 bits per heavy atom. The van der Waals surface area contributed by atoms with Crippen molar-refractivity contribution in [1.29, 1.82) is 0 Å². The summed E-state index contributed by atoms with van der Waals surface area (Å²) in [4.78, 5) is 5.24. The summed E-state index contributed by atoms with van der Waals surface area (Å²) in [6.07, 6.45) is 1.90. The van der Waals surface area contributed by atoms with E-state index >= 15 is 0 Å². The fraction of sp³-hybridized carbons (Fsp3) is 0.158. The van der Waals surface area contributed by atoms with Gasteiger partial charge in [0.25, 0.3) is 0 Å². The van der Waals surface area contributed by atoms with Gasteiger partial charge in [-0.05, 0) is 59.7 Å². The zero-order chi connectivity index (χ0) is 17.1. The molecule has 0 atom stereocenters. The molecule has 0 aliphatic carbocycles. The zero-order valence-corrected chi connectivity index (χ0v) is 16.8. The molecule has 0 bridgehead atoms. The van der Waals surface area contributed by atoms with Crippen LogP contribution in [0.15, 0.2) is 57.9 Å². The van der Waals surface area contributed by atoms with Crippen molar-refractivity contribution in [2.24, 2.45) is 10.1 Å². The summed E-state index contributed by atoms with van der Waals surface area (Å²) >= 11 is 3.93. The van der Waals surface area contributed by atoms with Gasteiger partial charge in [0.2, 0.25) is 4.80 Å². The van der Waals surface area contributed by atoms with Gasteiger partial charge in [0.15, 0.2) is 0 Å². The number of halogens is 1. The molecule has 1 heterocycles. The number of nitrogens with zero attached hydrogens (tertiary/aromatic N) is 3. The highest BCUT2D eigenvalue weighted by molar-refractivity contribution is 14.1. The highest BCUT2D eigenvalue weighted by Crippen LogP contribution is 2.23. The molecule has 0 saturated heterocycles. The fourth-order valence-corrected chi connectivity index (χ4v) is 3.69. The maximum absolute atomic E-state index is 4.70. The van der Waals surface area contributed by atoms with E-state index < -0.39 is 0 Å². The normalized spacial score (nSPS) is 12.2. The van der Waals surface area contributed by atoms with E-state index in [0.29, 0.717) is 0 Å². The van der Waals surface area contributed by atoms with Crippen LogP contribution in [-0.4, -0.2) is 17.9 Å². The Balaban J connectivity index is 2.09. The smallest absolute Gasteiger partial charge is 0.205 e. The zero-order valence-electron chi connectivity index (χ0n) is 13.8. The summed E-state index contributed by atoms with van der Waals surface area (Å²) in [5.41, 5.74) is 5.89. The first-order chi connectivity index (χ1) is 11.6. The van der Waals surface area contributed by atoms with Crippen LogP contribution < -0.4 is 4.80 Å². The number of hydrogen-bond acceptors (Lipinski definition) is 3. The second kappa shape index (κ2) is 7.44. The summed E-state index contributed by atoms with van der Waals surface area (Å²) in [5.74, 6) is 0. The molecule has 5 heteroatoms. The van der Waals surface area contributed by atoms with Crippen molar-refractivity contribution < 1.29 is 0 Å². The predicted molar refractivity (Wildman–Crippen MR) is 111 cm³/mol. The number of thiazole rings is 1. The fourth-order valence-electron chi connectivity index (χ4n) is 2.36. The third-order valence-electron chi connectivity index (χ3n) is 3.90. The lowest BCUT2D eigenvalue weighted by Crippen LogP contribution is -2.11. The molecule has 24 heavy (non-hydrogen) atoms. The maximum atomic E-state index is 4.70. The van der Waals surface area contributed by atoms with Gasteiger partial charge in [0.1, 0.15) is 0 Å². The van der Waals surface area contributed by atoms with Crippen LogP contribution in [0.2, 0.25) is 0 Å². The van der Waals surface area contributed by atoms with E-state index in [-0.39, 0.29) is 0 Å². The van der Waals surface area contributed by atoms with E-state index in [2.05, 4.69) is 77.1 Å². The average molecular weight is 447 g/mol. The van der Waals surface area contributed by atoms with Crippen molar-refractivity contribution in [2.45, 2.75) is 13.8 Å². The Hall–Kier alpha value is -1.73. The third-order valence-corrected chi connectivity index (χ3v) is 5.79. The number of aromatic nitrogens is 1. The van der Waals surface area contributed by atoms with Crippen molar-refractivity contribution in [1.82, 2.24) is 4.68 Å². The maximum Gasteiger partial charge on any atom is 0.205 e. The van der Waals surface area contributed by atoms with Gasteiger partial charge in [-0.25, -0.2) is 4.68 Å². The van der Waals surface area contributed by atoms with E-state index in [9.17, 15) is 0 Å². The first kappa shape index (κ1) is 17.1. The van der Waals surface area contributed by atoms with Gasteiger partial charge in [0, 0.05) is 27.1 Å². The quantitative estimate of drug-likeness (QED) is 0.406.